The van der Waals surface area contributed by atoms with Gasteiger partial charge in [-0.3, -0.25) is 9.98 Å². The standard InChI is InChI=1S/C29H34N4/c1-4-21-6-5-13-32-29(15-21)25-16-27(28-10-8-22(17-31)18-33-28)24(11-12-30)26-14-19(2)7-9-23(26)20(25)3/h5-10,13-15,20-22,25H,4,11,16-18,31H2,1-3H3. The van der Waals surface area contributed by atoms with Crippen LogP contribution in [0.3, 0.4) is 0 Å². The highest BCUT2D eigenvalue weighted by Gasteiger charge is 2.33. The first-order valence-electron chi connectivity index (χ1n) is 12.1. The number of nitrogens with two attached hydrogens (primary N) is 1. The van der Waals surface area contributed by atoms with Gasteiger partial charge in [0.15, 0.2) is 0 Å². The lowest BCUT2D eigenvalue weighted by atomic mass is 9.80. The van der Waals surface area contributed by atoms with Crippen molar-refractivity contribution < 1.29 is 0 Å². The molecule has 4 nitrogen and oxygen atoms in total. The molecule has 170 valence electrons. The van der Waals surface area contributed by atoms with Crippen molar-refractivity contribution in [3.8, 4) is 6.07 Å². The van der Waals surface area contributed by atoms with Gasteiger partial charge in [-0.15, -0.1) is 0 Å². The lowest BCUT2D eigenvalue weighted by Gasteiger charge is -2.26. The molecule has 2 heterocycles. The highest BCUT2D eigenvalue weighted by Crippen LogP contribution is 2.45. The molecule has 0 amide bonds. The van der Waals surface area contributed by atoms with Crippen LogP contribution >= 0.6 is 0 Å². The number of benzene rings is 1. The Labute approximate surface area is 198 Å². The first-order valence-corrected chi connectivity index (χ1v) is 12.1. The van der Waals surface area contributed by atoms with Gasteiger partial charge in [-0.2, -0.15) is 5.26 Å². The molecule has 0 bridgehead atoms. The van der Waals surface area contributed by atoms with E-state index in [4.69, 9.17) is 15.7 Å². The summed E-state index contributed by atoms with van der Waals surface area (Å²) in [5.41, 5.74) is 14.0. The van der Waals surface area contributed by atoms with Crippen molar-refractivity contribution in [2.75, 3.05) is 13.1 Å². The van der Waals surface area contributed by atoms with E-state index in [1.165, 1.54) is 22.3 Å². The van der Waals surface area contributed by atoms with Gasteiger partial charge in [0, 0.05) is 36.8 Å². The van der Waals surface area contributed by atoms with Crippen molar-refractivity contribution in [3.05, 3.63) is 76.5 Å². The van der Waals surface area contributed by atoms with Crippen molar-refractivity contribution in [3.63, 3.8) is 0 Å². The molecule has 4 rings (SSSR count). The average Bonchev–Trinajstić information content (AvgIpc) is 3.14. The molecule has 3 aliphatic rings. The van der Waals surface area contributed by atoms with Gasteiger partial charge in [0.2, 0.25) is 0 Å². The Morgan fingerprint density at radius 2 is 2.09 bits per heavy atom. The number of rotatable bonds is 5. The summed E-state index contributed by atoms with van der Waals surface area (Å²) < 4.78 is 0. The summed E-state index contributed by atoms with van der Waals surface area (Å²) >= 11 is 0. The zero-order valence-electron chi connectivity index (χ0n) is 20.0. The van der Waals surface area contributed by atoms with E-state index in [0.717, 1.165) is 29.8 Å². The molecule has 0 saturated heterocycles. The predicted octanol–water partition coefficient (Wildman–Crippen LogP) is 5.92. The number of fused-ring (bicyclic) bond motifs is 1. The van der Waals surface area contributed by atoms with Crippen LogP contribution in [-0.4, -0.2) is 25.0 Å². The number of hydrogen-bond donors (Lipinski definition) is 1. The number of nitrogens with zero attached hydrogens (tertiary/aromatic N) is 3. The van der Waals surface area contributed by atoms with Crippen molar-refractivity contribution >= 4 is 17.5 Å². The van der Waals surface area contributed by atoms with Gasteiger partial charge in [-0.1, -0.05) is 55.8 Å². The van der Waals surface area contributed by atoms with E-state index in [2.05, 4.69) is 75.4 Å². The van der Waals surface area contributed by atoms with Gasteiger partial charge in [0.05, 0.1) is 18.2 Å². The van der Waals surface area contributed by atoms with Crippen molar-refractivity contribution in [1.29, 1.82) is 5.26 Å². The molecule has 2 N–H and O–H groups in total. The maximum atomic E-state index is 9.78. The molecule has 33 heavy (non-hydrogen) atoms. The zero-order chi connectivity index (χ0) is 23.4. The molecular formula is C29H34N4. The summed E-state index contributed by atoms with van der Waals surface area (Å²) in [6.07, 6.45) is 15.1. The van der Waals surface area contributed by atoms with Gasteiger partial charge < -0.3 is 5.73 Å². The highest BCUT2D eigenvalue weighted by atomic mass is 14.8. The molecule has 0 fully saturated rings. The third-order valence-corrected chi connectivity index (χ3v) is 7.21. The molecule has 1 aromatic carbocycles. The van der Waals surface area contributed by atoms with Gasteiger partial charge >= 0.3 is 0 Å². The predicted molar refractivity (Wildman–Crippen MR) is 138 cm³/mol. The van der Waals surface area contributed by atoms with E-state index in [-0.39, 0.29) is 17.8 Å². The number of nitriles is 1. The molecule has 1 aliphatic carbocycles. The summed E-state index contributed by atoms with van der Waals surface area (Å²) in [6, 6.07) is 9.13. The van der Waals surface area contributed by atoms with Crippen molar-refractivity contribution in [2.45, 2.75) is 46.0 Å². The molecule has 0 radical (unpaired) electrons. The third kappa shape index (κ3) is 4.84. The molecular weight excluding hydrogens is 404 g/mol. The summed E-state index contributed by atoms with van der Waals surface area (Å²) in [5.74, 6) is 1.16. The van der Waals surface area contributed by atoms with Crippen LogP contribution in [0, 0.1) is 36.0 Å². The summed E-state index contributed by atoms with van der Waals surface area (Å²) in [7, 11) is 0. The topological polar surface area (TPSA) is 74.5 Å². The third-order valence-electron chi connectivity index (χ3n) is 7.21. The highest BCUT2D eigenvalue weighted by molar-refractivity contribution is 6.14. The fraction of sp³-hybridized carbons (Fsp3) is 0.414. The Morgan fingerprint density at radius 3 is 2.79 bits per heavy atom. The first kappa shape index (κ1) is 23.1. The Morgan fingerprint density at radius 1 is 1.24 bits per heavy atom. The van der Waals surface area contributed by atoms with Gasteiger partial charge in [-0.25, -0.2) is 0 Å². The molecule has 0 saturated carbocycles. The largest absolute Gasteiger partial charge is 0.330 e. The number of dihydropyridines is 1. The van der Waals surface area contributed by atoms with E-state index in [1.807, 2.05) is 6.21 Å². The van der Waals surface area contributed by atoms with Gasteiger partial charge in [0.1, 0.15) is 0 Å². The molecule has 1 aromatic rings. The molecule has 4 heteroatoms. The van der Waals surface area contributed by atoms with Crippen LogP contribution in [0.4, 0.5) is 0 Å². The van der Waals surface area contributed by atoms with E-state index >= 15 is 0 Å². The van der Waals surface area contributed by atoms with Crippen molar-refractivity contribution in [1.82, 2.24) is 0 Å². The maximum Gasteiger partial charge on any atom is 0.0670 e. The SMILES string of the molecule is CCC1C=CC=NC(C2CC(C3=NCC(CN)C=C3)=C(CC#N)c3cc(C)ccc3C2C)=C1. The number of aryl methyl sites for hydroxylation is 1. The normalized spacial score (nSPS) is 26.8. The molecule has 4 unspecified atom stereocenters. The minimum absolute atomic E-state index is 0.214. The van der Waals surface area contributed by atoms with Crippen molar-refractivity contribution in [2.24, 2.45) is 33.5 Å². The lowest BCUT2D eigenvalue weighted by molar-refractivity contribution is 0.509. The van der Waals surface area contributed by atoms with E-state index in [1.54, 1.807) is 0 Å². The minimum Gasteiger partial charge on any atom is -0.330 e. The molecule has 4 atom stereocenters. The van der Waals surface area contributed by atoms with E-state index < -0.39 is 0 Å². The van der Waals surface area contributed by atoms with Crippen LogP contribution in [-0.2, 0) is 0 Å². The van der Waals surface area contributed by atoms with Crippen LogP contribution in [0.15, 0.2) is 69.8 Å². The first-order chi connectivity index (χ1) is 16.0. The fourth-order valence-electron chi connectivity index (χ4n) is 5.15. The van der Waals surface area contributed by atoms with Crippen LogP contribution < -0.4 is 5.73 Å². The second kappa shape index (κ2) is 10.3. The fourth-order valence-corrected chi connectivity index (χ4v) is 5.15. The summed E-state index contributed by atoms with van der Waals surface area (Å²) in [5, 5.41) is 9.78. The number of aliphatic imine (C=N–C) groups is 2. The molecule has 2 aliphatic heterocycles. The Kier molecular flexibility index (Phi) is 7.20. The molecule has 0 spiro atoms. The van der Waals surface area contributed by atoms with Gasteiger partial charge in [0.25, 0.3) is 0 Å². The minimum atomic E-state index is 0.214. The summed E-state index contributed by atoms with van der Waals surface area (Å²) in [6.45, 7) is 7.96. The van der Waals surface area contributed by atoms with E-state index in [0.29, 0.717) is 25.4 Å². The monoisotopic (exact) mass is 438 g/mol. The lowest BCUT2D eigenvalue weighted by Crippen LogP contribution is -2.21. The van der Waals surface area contributed by atoms with Crippen LogP contribution in [0.2, 0.25) is 0 Å². The summed E-state index contributed by atoms with van der Waals surface area (Å²) in [4.78, 5) is 9.83. The average molecular weight is 439 g/mol. The number of allylic oxidation sites excluding steroid dienone is 7. The second-order valence-electron chi connectivity index (χ2n) is 9.39. The smallest absolute Gasteiger partial charge is 0.0670 e. The quantitative estimate of drug-likeness (QED) is 0.619. The maximum absolute atomic E-state index is 9.78. The van der Waals surface area contributed by atoms with Crippen LogP contribution in [0.25, 0.3) is 5.57 Å². The Bertz CT molecular complexity index is 1120. The number of hydrogen-bond acceptors (Lipinski definition) is 4. The van der Waals surface area contributed by atoms with Gasteiger partial charge in [-0.05, 0) is 66.0 Å². The Hall–Kier alpha value is -3.03. The second-order valence-corrected chi connectivity index (χ2v) is 9.39. The van der Waals surface area contributed by atoms with Crippen LogP contribution in [0.5, 0.6) is 0 Å². The van der Waals surface area contributed by atoms with Crippen LogP contribution in [0.1, 0.15) is 55.7 Å². The molecule has 0 aromatic heterocycles. The Balaban J connectivity index is 1.89. The zero-order valence-corrected chi connectivity index (χ0v) is 20.0. The van der Waals surface area contributed by atoms with E-state index in [9.17, 15) is 5.26 Å².